The molecule has 90 valence electrons. The number of tetrazole rings is 1. The van der Waals surface area contributed by atoms with Gasteiger partial charge in [-0.1, -0.05) is 23.3 Å². The number of likely N-dealkylation sites (N-methyl/N-ethyl adjacent to an activating group) is 1. The van der Waals surface area contributed by atoms with Gasteiger partial charge in [-0.15, -0.1) is 0 Å². The molecule has 1 unspecified atom stereocenters. The highest BCUT2D eigenvalue weighted by Gasteiger charge is 2.07. The van der Waals surface area contributed by atoms with Crippen LogP contribution in [0, 0.1) is 0 Å². The Morgan fingerprint density at radius 3 is 2.76 bits per heavy atom. The Bertz CT molecular complexity index is 452. The molecule has 0 radical (unpaired) electrons. The van der Waals surface area contributed by atoms with Crippen molar-refractivity contribution in [3.05, 3.63) is 30.3 Å². The average molecular weight is 232 g/mol. The zero-order chi connectivity index (χ0) is 12.1. The van der Waals surface area contributed by atoms with Crippen LogP contribution >= 0.6 is 0 Å². The molecule has 0 amide bonds. The fourth-order valence-electron chi connectivity index (χ4n) is 1.39. The minimum absolute atomic E-state index is 0.357. The van der Waals surface area contributed by atoms with Gasteiger partial charge >= 0.3 is 0 Å². The van der Waals surface area contributed by atoms with Crippen LogP contribution in [0.1, 0.15) is 6.92 Å². The molecular weight excluding hydrogens is 216 g/mol. The molecule has 1 heterocycles. The van der Waals surface area contributed by atoms with Gasteiger partial charge in [0.05, 0.1) is 5.69 Å². The molecular formula is C11H16N6. The fraction of sp³-hybridized carbons (Fsp3) is 0.364. The average Bonchev–Trinajstić information content (AvgIpc) is 2.85. The van der Waals surface area contributed by atoms with Crippen LogP contribution < -0.4 is 10.6 Å². The predicted molar refractivity (Wildman–Crippen MR) is 66.2 cm³/mol. The molecule has 6 nitrogen and oxygen atoms in total. The number of benzene rings is 1. The van der Waals surface area contributed by atoms with E-state index in [2.05, 4.69) is 33.1 Å². The van der Waals surface area contributed by atoms with Gasteiger partial charge in [0.25, 0.3) is 0 Å². The summed E-state index contributed by atoms with van der Waals surface area (Å²) in [6.45, 7) is 2.85. The van der Waals surface area contributed by atoms with Crippen molar-refractivity contribution in [2.75, 3.05) is 18.9 Å². The van der Waals surface area contributed by atoms with Gasteiger partial charge < -0.3 is 10.6 Å². The highest BCUT2D eigenvalue weighted by Crippen LogP contribution is 2.10. The Kier molecular flexibility index (Phi) is 3.66. The van der Waals surface area contributed by atoms with Crippen LogP contribution in [0.3, 0.4) is 0 Å². The molecule has 1 aromatic carbocycles. The predicted octanol–water partition coefficient (Wildman–Crippen LogP) is 0.682. The third-order valence-corrected chi connectivity index (χ3v) is 2.53. The van der Waals surface area contributed by atoms with E-state index in [0.717, 1.165) is 12.2 Å². The third-order valence-electron chi connectivity index (χ3n) is 2.53. The van der Waals surface area contributed by atoms with Gasteiger partial charge in [0, 0.05) is 12.6 Å². The van der Waals surface area contributed by atoms with Crippen molar-refractivity contribution in [3.63, 3.8) is 0 Å². The number of nitrogens with zero attached hydrogens (tertiary/aromatic N) is 4. The second kappa shape index (κ2) is 5.40. The van der Waals surface area contributed by atoms with Gasteiger partial charge in [-0.05, 0) is 36.5 Å². The Hall–Kier alpha value is -1.95. The molecule has 17 heavy (non-hydrogen) atoms. The topological polar surface area (TPSA) is 67.7 Å². The molecule has 2 N–H and O–H groups in total. The van der Waals surface area contributed by atoms with Crippen LogP contribution in [-0.2, 0) is 0 Å². The third kappa shape index (κ3) is 2.79. The van der Waals surface area contributed by atoms with Crippen LogP contribution in [-0.4, -0.2) is 39.8 Å². The van der Waals surface area contributed by atoms with Gasteiger partial charge in [-0.25, -0.2) is 0 Å². The van der Waals surface area contributed by atoms with Crippen LogP contribution in [0.2, 0.25) is 0 Å². The van der Waals surface area contributed by atoms with E-state index in [9.17, 15) is 0 Å². The van der Waals surface area contributed by atoms with Crippen LogP contribution in [0.5, 0.6) is 0 Å². The van der Waals surface area contributed by atoms with Gasteiger partial charge in [-0.3, -0.25) is 0 Å². The van der Waals surface area contributed by atoms with Gasteiger partial charge in [-0.2, -0.15) is 4.68 Å². The largest absolute Gasteiger partial charge is 0.351 e. The van der Waals surface area contributed by atoms with E-state index in [1.165, 1.54) is 0 Å². The van der Waals surface area contributed by atoms with Gasteiger partial charge in [0.15, 0.2) is 0 Å². The van der Waals surface area contributed by atoms with Gasteiger partial charge in [0.1, 0.15) is 0 Å². The second-order valence-corrected chi connectivity index (χ2v) is 3.82. The standard InChI is InChI=1S/C11H16N6/c1-9(12-2)8-13-11-14-15-16-17(11)10-6-4-3-5-7-10/h3-7,9,12H,8H2,1-2H3,(H,13,14,16). The maximum absolute atomic E-state index is 3.96. The lowest BCUT2D eigenvalue weighted by Crippen LogP contribution is -2.30. The molecule has 0 bridgehead atoms. The summed E-state index contributed by atoms with van der Waals surface area (Å²) >= 11 is 0. The maximum atomic E-state index is 3.96. The smallest absolute Gasteiger partial charge is 0.247 e. The summed E-state index contributed by atoms with van der Waals surface area (Å²) in [6, 6.07) is 10.2. The highest BCUT2D eigenvalue weighted by atomic mass is 15.6. The van der Waals surface area contributed by atoms with E-state index in [1.807, 2.05) is 37.4 Å². The number of hydrogen-bond donors (Lipinski definition) is 2. The van der Waals surface area contributed by atoms with Crippen LogP contribution in [0.4, 0.5) is 5.95 Å². The molecule has 0 aliphatic rings. The SMILES string of the molecule is CNC(C)CNc1nnnn1-c1ccccc1. The molecule has 0 aliphatic heterocycles. The Morgan fingerprint density at radius 1 is 1.29 bits per heavy atom. The fourth-order valence-corrected chi connectivity index (χ4v) is 1.39. The number of nitrogens with one attached hydrogen (secondary N) is 2. The molecule has 0 fully saturated rings. The zero-order valence-corrected chi connectivity index (χ0v) is 9.96. The van der Waals surface area contributed by atoms with Crippen LogP contribution in [0.15, 0.2) is 30.3 Å². The lowest BCUT2D eigenvalue weighted by molar-refractivity contribution is 0.634. The summed E-state index contributed by atoms with van der Waals surface area (Å²) in [5, 5.41) is 18.0. The van der Waals surface area contributed by atoms with Crippen molar-refractivity contribution < 1.29 is 0 Å². The minimum Gasteiger partial charge on any atom is -0.351 e. The van der Waals surface area contributed by atoms with Crippen molar-refractivity contribution in [1.29, 1.82) is 0 Å². The Balaban J connectivity index is 2.12. The number of rotatable bonds is 5. The summed E-state index contributed by atoms with van der Waals surface area (Å²) in [7, 11) is 1.92. The van der Waals surface area contributed by atoms with Crippen molar-refractivity contribution in [2.45, 2.75) is 13.0 Å². The molecule has 1 aromatic heterocycles. The highest BCUT2D eigenvalue weighted by molar-refractivity contribution is 5.38. The van der Waals surface area contributed by atoms with E-state index in [-0.39, 0.29) is 0 Å². The zero-order valence-electron chi connectivity index (χ0n) is 9.96. The molecule has 0 aliphatic carbocycles. The number of hydrogen-bond acceptors (Lipinski definition) is 5. The monoisotopic (exact) mass is 232 g/mol. The summed E-state index contributed by atoms with van der Waals surface area (Å²) in [6.07, 6.45) is 0. The first-order valence-electron chi connectivity index (χ1n) is 5.56. The van der Waals surface area contributed by atoms with E-state index in [0.29, 0.717) is 12.0 Å². The summed E-state index contributed by atoms with van der Waals surface area (Å²) in [4.78, 5) is 0. The normalized spacial score (nSPS) is 12.4. The summed E-state index contributed by atoms with van der Waals surface area (Å²) in [5.74, 6) is 0.651. The van der Waals surface area contributed by atoms with E-state index >= 15 is 0 Å². The van der Waals surface area contributed by atoms with Crippen LogP contribution in [0.25, 0.3) is 5.69 Å². The molecule has 6 heteroatoms. The molecule has 0 saturated carbocycles. The summed E-state index contributed by atoms with van der Waals surface area (Å²) < 4.78 is 1.68. The number of anilines is 1. The van der Waals surface area contributed by atoms with Crippen molar-refractivity contribution in [1.82, 2.24) is 25.5 Å². The Morgan fingerprint density at radius 2 is 2.06 bits per heavy atom. The first-order chi connectivity index (χ1) is 8.31. The lowest BCUT2D eigenvalue weighted by atomic mass is 10.3. The molecule has 0 spiro atoms. The van der Waals surface area contributed by atoms with E-state index in [1.54, 1.807) is 4.68 Å². The van der Waals surface area contributed by atoms with Crippen molar-refractivity contribution in [3.8, 4) is 5.69 Å². The lowest BCUT2D eigenvalue weighted by Gasteiger charge is -2.11. The maximum Gasteiger partial charge on any atom is 0.247 e. The number of para-hydroxylation sites is 1. The number of aromatic nitrogens is 4. The Labute approximate surface area is 100 Å². The van der Waals surface area contributed by atoms with Gasteiger partial charge in [0.2, 0.25) is 5.95 Å². The van der Waals surface area contributed by atoms with Crippen molar-refractivity contribution in [2.24, 2.45) is 0 Å². The quantitative estimate of drug-likeness (QED) is 0.793. The first-order valence-corrected chi connectivity index (χ1v) is 5.56. The first kappa shape index (κ1) is 11.5. The minimum atomic E-state index is 0.357. The molecule has 2 aromatic rings. The van der Waals surface area contributed by atoms with E-state index < -0.39 is 0 Å². The summed E-state index contributed by atoms with van der Waals surface area (Å²) in [5.41, 5.74) is 0.942. The molecule has 2 rings (SSSR count). The van der Waals surface area contributed by atoms with Crippen molar-refractivity contribution >= 4 is 5.95 Å². The second-order valence-electron chi connectivity index (χ2n) is 3.82. The van der Waals surface area contributed by atoms with E-state index in [4.69, 9.17) is 0 Å². The molecule has 1 atom stereocenters. The molecule has 0 saturated heterocycles.